The second-order valence-corrected chi connectivity index (χ2v) is 7.68. The van der Waals surface area contributed by atoms with E-state index in [-0.39, 0.29) is 11.1 Å². The van der Waals surface area contributed by atoms with Crippen LogP contribution in [0.4, 0.5) is 10.5 Å². The fraction of sp³-hybridized carbons (Fsp3) is 0.0909. The lowest BCUT2D eigenvalue weighted by Crippen LogP contribution is -2.27. The number of carbonyl (C=O) groups is 2. The third-order valence-electron chi connectivity index (χ3n) is 4.41. The summed E-state index contributed by atoms with van der Waals surface area (Å²) in [5.41, 5.74) is 2.56. The van der Waals surface area contributed by atoms with Crippen LogP contribution in [-0.4, -0.2) is 11.1 Å². The molecule has 0 saturated carbocycles. The van der Waals surface area contributed by atoms with Gasteiger partial charge in [-0.25, -0.2) is 4.90 Å². The van der Waals surface area contributed by atoms with E-state index in [0.29, 0.717) is 27.1 Å². The number of hydrogen-bond donors (Lipinski definition) is 0. The number of amides is 2. The van der Waals surface area contributed by atoms with Gasteiger partial charge < -0.3 is 4.42 Å². The summed E-state index contributed by atoms with van der Waals surface area (Å²) in [7, 11) is 0. The molecule has 6 heteroatoms. The molecule has 0 atom stereocenters. The van der Waals surface area contributed by atoms with E-state index in [4.69, 9.17) is 16.0 Å². The van der Waals surface area contributed by atoms with E-state index in [1.165, 1.54) is 4.90 Å². The van der Waals surface area contributed by atoms with Crippen molar-refractivity contribution in [3.63, 3.8) is 0 Å². The van der Waals surface area contributed by atoms with Crippen LogP contribution in [0, 0.1) is 0 Å². The molecule has 1 aliphatic rings. The number of carbonyl (C=O) groups excluding carboxylic acids is 2. The molecule has 1 aliphatic heterocycles. The minimum atomic E-state index is -0.347. The van der Waals surface area contributed by atoms with Gasteiger partial charge in [0.05, 0.1) is 10.6 Å². The van der Waals surface area contributed by atoms with Crippen LogP contribution in [-0.2, 0) is 11.2 Å². The number of halogens is 1. The highest BCUT2D eigenvalue weighted by molar-refractivity contribution is 8.19. The molecule has 1 saturated heterocycles. The number of rotatable bonds is 4. The quantitative estimate of drug-likeness (QED) is 0.467. The molecule has 0 N–H and O–H groups in total. The summed E-state index contributed by atoms with van der Waals surface area (Å²) in [6.07, 6.45) is 2.49. The number of benzene rings is 2. The highest BCUT2D eigenvalue weighted by Gasteiger charge is 2.36. The third-order valence-corrected chi connectivity index (χ3v) is 5.51. The molecule has 2 aromatic carbocycles. The molecule has 2 amide bonds. The molecule has 4 nitrogen and oxygen atoms in total. The normalized spacial score (nSPS) is 15.6. The lowest BCUT2D eigenvalue weighted by molar-refractivity contribution is -0.113. The summed E-state index contributed by atoms with van der Waals surface area (Å²) in [5.74, 6) is 0.796. The summed E-state index contributed by atoms with van der Waals surface area (Å²) in [6, 6.07) is 18.3. The Labute approximate surface area is 171 Å². The molecule has 3 aromatic rings. The summed E-state index contributed by atoms with van der Waals surface area (Å²) in [5, 5.41) is 0.299. The van der Waals surface area contributed by atoms with Crippen molar-refractivity contribution in [3.05, 3.63) is 81.9 Å². The number of hydrogen-bond acceptors (Lipinski definition) is 4. The van der Waals surface area contributed by atoms with E-state index in [9.17, 15) is 9.59 Å². The Morgan fingerprint density at radius 1 is 1.07 bits per heavy atom. The molecule has 0 spiro atoms. The molecular formula is C22H16ClNO3S. The van der Waals surface area contributed by atoms with Crippen LogP contribution >= 0.6 is 23.4 Å². The molecule has 0 aliphatic carbocycles. The van der Waals surface area contributed by atoms with Gasteiger partial charge in [-0.3, -0.25) is 9.59 Å². The van der Waals surface area contributed by atoms with Gasteiger partial charge in [0.2, 0.25) is 0 Å². The Kier molecular flexibility index (Phi) is 5.11. The van der Waals surface area contributed by atoms with Gasteiger partial charge in [-0.1, -0.05) is 42.8 Å². The minimum Gasteiger partial charge on any atom is -0.457 e. The van der Waals surface area contributed by atoms with Gasteiger partial charge in [-0.15, -0.1) is 0 Å². The summed E-state index contributed by atoms with van der Waals surface area (Å²) < 4.78 is 5.81. The van der Waals surface area contributed by atoms with Crippen molar-refractivity contribution in [2.75, 3.05) is 4.90 Å². The van der Waals surface area contributed by atoms with E-state index in [0.717, 1.165) is 29.3 Å². The van der Waals surface area contributed by atoms with E-state index < -0.39 is 0 Å². The van der Waals surface area contributed by atoms with Gasteiger partial charge in [0.25, 0.3) is 11.1 Å². The maximum absolute atomic E-state index is 12.8. The molecular weight excluding hydrogens is 394 g/mol. The lowest BCUT2D eigenvalue weighted by atomic mass is 10.1. The Hall–Kier alpha value is -2.76. The maximum Gasteiger partial charge on any atom is 0.298 e. The first-order valence-corrected chi connectivity index (χ1v) is 9.97. The first-order chi connectivity index (χ1) is 13.5. The largest absolute Gasteiger partial charge is 0.457 e. The molecule has 1 aromatic heterocycles. The van der Waals surface area contributed by atoms with Gasteiger partial charge in [-0.2, -0.15) is 0 Å². The van der Waals surface area contributed by atoms with Crippen LogP contribution in [0.1, 0.15) is 18.2 Å². The van der Waals surface area contributed by atoms with Gasteiger partial charge in [0, 0.05) is 16.7 Å². The fourth-order valence-electron chi connectivity index (χ4n) is 2.93. The second kappa shape index (κ2) is 7.70. The predicted octanol–water partition coefficient (Wildman–Crippen LogP) is 6.40. The molecule has 2 heterocycles. The summed E-state index contributed by atoms with van der Waals surface area (Å²) in [6.45, 7) is 2.05. The van der Waals surface area contributed by atoms with Crippen molar-refractivity contribution in [2.45, 2.75) is 13.3 Å². The van der Waals surface area contributed by atoms with Gasteiger partial charge >= 0.3 is 0 Å². The molecule has 140 valence electrons. The van der Waals surface area contributed by atoms with Crippen LogP contribution in [0.25, 0.3) is 17.4 Å². The van der Waals surface area contributed by atoms with E-state index in [1.807, 2.05) is 30.3 Å². The second-order valence-electron chi connectivity index (χ2n) is 6.25. The van der Waals surface area contributed by atoms with Crippen LogP contribution in [0.5, 0.6) is 0 Å². The van der Waals surface area contributed by atoms with E-state index >= 15 is 0 Å². The Balaban J connectivity index is 1.59. The molecule has 0 radical (unpaired) electrons. The zero-order chi connectivity index (χ0) is 19.7. The fourth-order valence-corrected chi connectivity index (χ4v) is 3.94. The molecule has 0 bridgehead atoms. The van der Waals surface area contributed by atoms with Gasteiger partial charge in [0.15, 0.2) is 0 Å². The number of furan rings is 1. The molecule has 4 rings (SSSR count). The number of thioether (sulfide) groups is 1. The minimum absolute atomic E-state index is 0.317. The number of imide groups is 1. The first kappa shape index (κ1) is 18.6. The van der Waals surface area contributed by atoms with E-state index in [2.05, 4.69) is 6.92 Å². The Morgan fingerprint density at radius 3 is 2.57 bits per heavy atom. The van der Waals surface area contributed by atoms with Gasteiger partial charge in [0.1, 0.15) is 11.5 Å². The first-order valence-electron chi connectivity index (χ1n) is 8.78. The summed E-state index contributed by atoms with van der Waals surface area (Å²) in [4.78, 5) is 26.7. The molecule has 0 unspecified atom stereocenters. The highest BCUT2D eigenvalue weighted by Crippen LogP contribution is 2.36. The van der Waals surface area contributed by atoms with Crippen molar-refractivity contribution in [3.8, 4) is 11.3 Å². The van der Waals surface area contributed by atoms with Crippen LogP contribution in [0.3, 0.4) is 0 Å². The van der Waals surface area contributed by atoms with Crippen molar-refractivity contribution < 1.29 is 14.0 Å². The number of aryl methyl sites for hydroxylation is 1. The maximum atomic E-state index is 12.8. The van der Waals surface area contributed by atoms with Gasteiger partial charge in [-0.05, 0) is 60.1 Å². The lowest BCUT2D eigenvalue weighted by Gasteiger charge is -2.12. The highest BCUT2D eigenvalue weighted by atomic mass is 35.5. The number of nitrogens with zero attached hydrogens (tertiary/aromatic N) is 1. The van der Waals surface area contributed by atoms with Crippen molar-refractivity contribution in [1.82, 2.24) is 0 Å². The van der Waals surface area contributed by atoms with Crippen LogP contribution < -0.4 is 4.90 Å². The molecule has 28 heavy (non-hydrogen) atoms. The van der Waals surface area contributed by atoms with Crippen LogP contribution in [0.2, 0.25) is 5.02 Å². The Bertz CT molecular complexity index is 1090. The van der Waals surface area contributed by atoms with E-state index in [1.54, 1.807) is 36.4 Å². The Morgan fingerprint density at radius 2 is 1.86 bits per heavy atom. The number of anilines is 1. The standard InChI is InChI=1S/C22H16ClNO3S/c1-2-14-6-8-17(9-7-14)24-21(25)20(28-22(24)26)13-18-10-11-19(27-18)15-4-3-5-16(23)12-15/h3-13H,2H2,1H3/b20-13+. The third kappa shape index (κ3) is 3.63. The monoisotopic (exact) mass is 409 g/mol. The van der Waals surface area contributed by atoms with Crippen LogP contribution in [0.15, 0.2) is 70.0 Å². The SMILES string of the molecule is CCc1ccc(N2C(=O)S/C(=C/c3ccc(-c4cccc(Cl)c4)o3)C2=O)cc1. The predicted molar refractivity (Wildman–Crippen MR) is 113 cm³/mol. The topological polar surface area (TPSA) is 50.5 Å². The van der Waals surface area contributed by atoms with Crippen molar-refractivity contribution in [2.24, 2.45) is 0 Å². The average molecular weight is 410 g/mol. The smallest absolute Gasteiger partial charge is 0.298 e. The average Bonchev–Trinajstić information content (AvgIpc) is 3.27. The zero-order valence-corrected chi connectivity index (χ0v) is 16.6. The molecule has 1 fully saturated rings. The zero-order valence-electron chi connectivity index (χ0n) is 15.0. The summed E-state index contributed by atoms with van der Waals surface area (Å²) >= 11 is 6.93. The van der Waals surface area contributed by atoms with Crippen molar-refractivity contribution >= 4 is 46.3 Å². The van der Waals surface area contributed by atoms with Crippen molar-refractivity contribution in [1.29, 1.82) is 0 Å².